The SMILES string of the molecule is [2H]C([2H])(c1ccnc(-c2[c-]ccc3c2sc2ccc(-c4ccccc4)cc23)c1)C1CCCCC1.[CH3][Ge]([CH3])([CH3])[c]1ccc(-c2[c-]cccc2)nc1.[Ir]. The van der Waals surface area contributed by atoms with Crippen LogP contribution in [0.5, 0.6) is 0 Å². The number of thiophene rings is 1. The number of hydrogen-bond donors (Lipinski definition) is 0. The van der Waals surface area contributed by atoms with E-state index in [1.54, 1.807) is 17.5 Å². The molecule has 3 heterocycles. The molecule has 0 amide bonds. The summed E-state index contributed by atoms with van der Waals surface area (Å²) < 4.78 is 21.7. The Balaban J connectivity index is 0.000000222. The average Bonchev–Trinajstić information content (AvgIpc) is 3.54. The van der Waals surface area contributed by atoms with Crippen LogP contribution in [0.25, 0.3) is 53.8 Å². The molecule has 0 spiro atoms. The summed E-state index contributed by atoms with van der Waals surface area (Å²) in [5.74, 6) is 7.22. The van der Waals surface area contributed by atoms with E-state index in [4.69, 9.17) is 2.74 Å². The van der Waals surface area contributed by atoms with Crippen LogP contribution in [0.15, 0.2) is 122 Å². The van der Waals surface area contributed by atoms with Gasteiger partial charge in [0.25, 0.3) is 0 Å². The molecule has 1 radical (unpaired) electrons. The van der Waals surface area contributed by atoms with Gasteiger partial charge in [0.05, 0.1) is 0 Å². The van der Waals surface area contributed by atoms with Crippen molar-refractivity contribution in [1.29, 1.82) is 0 Å². The van der Waals surface area contributed by atoms with E-state index in [-0.39, 0.29) is 26.0 Å². The van der Waals surface area contributed by atoms with E-state index in [2.05, 4.69) is 100 Å². The number of rotatable bonds is 6. The van der Waals surface area contributed by atoms with Crippen molar-refractivity contribution in [3.8, 4) is 33.6 Å². The normalized spacial score (nSPS) is 14.3. The van der Waals surface area contributed by atoms with Crippen LogP contribution in [0, 0.1) is 18.1 Å². The minimum atomic E-state index is -1.72. The number of benzene rings is 4. The Morgan fingerprint density at radius 2 is 1.57 bits per heavy atom. The first kappa shape index (κ1) is 32.8. The quantitative estimate of drug-likeness (QED) is 0.123. The minimum absolute atomic E-state index is 0. The molecule has 1 aliphatic rings. The van der Waals surface area contributed by atoms with Crippen molar-refractivity contribution in [2.24, 2.45) is 5.92 Å². The monoisotopic (exact) mass is 899 g/mol. The molecule has 8 rings (SSSR count). The van der Waals surface area contributed by atoms with Crippen molar-refractivity contribution in [3.63, 3.8) is 0 Å². The van der Waals surface area contributed by atoms with Gasteiger partial charge in [-0.2, -0.15) is 11.3 Å². The molecule has 1 aliphatic carbocycles. The van der Waals surface area contributed by atoms with E-state index in [1.165, 1.54) is 37.4 Å². The first-order valence-electron chi connectivity index (χ1n) is 18.0. The summed E-state index contributed by atoms with van der Waals surface area (Å²) >= 11 is 0.0475. The van der Waals surface area contributed by atoms with Crippen LogP contribution < -0.4 is 4.40 Å². The first-order valence-corrected chi connectivity index (χ1v) is 25.2. The zero-order chi connectivity index (χ0) is 34.7. The Morgan fingerprint density at radius 1 is 0.755 bits per heavy atom. The molecule has 7 aromatic rings. The first-order chi connectivity index (χ1) is 24.2. The van der Waals surface area contributed by atoms with Crippen molar-refractivity contribution in [1.82, 2.24) is 9.97 Å². The summed E-state index contributed by atoms with van der Waals surface area (Å²) in [4.78, 5) is 9.19. The molecule has 4 aromatic carbocycles. The predicted molar refractivity (Wildman–Crippen MR) is 209 cm³/mol. The van der Waals surface area contributed by atoms with Crippen LogP contribution in [0.4, 0.5) is 0 Å². The largest absolute Gasteiger partial charge is 0 e. The number of hydrogen-bond acceptors (Lipinski definition) is 3. The van der Waals surface area contributed by atoms with Gasteiger partial charge in [-0.25, -0.2) is 0 Å². The molecule has 0 N–H and O–H groups in total. The summed E-state index contributed by atoms with van der Waals surface area (Å²) in [6, 6.07) is 44.0. The number of fused-ring (bicyclic) bond motifs is 3. The zero-order valence-electron chi connectivity index (χ0n) is 30.3. The van der Waals surface area contributed by atoms with Crippen molar-refractivity contribution in [2.45, 2.75) is 55.7 Å². The van der Waals surface area contributed by atoms with E-state index in [0.29, 0.717) is 0 Å². The molecule has 0 saturated heterocycles. The molecule has 0 atom stereocenters. The third-order valence-corrected chi connectivity index (χ3v) is 14.6. The van der Waals surface area contributed by atoms with Crippen molar-refractivity contribution >= 4 is 49.2 Å². The number of aromatic nitrogens is 2. The Kier molecular flexibility index (Phi) is 10.8. The summed E-state index contributed by atoms with van der Waals surface area (Å²) in [5.41, 5.74) is 7.00. The van der Waals surface area contributed by atoms with Crippen LogP contribution >= 0.6 is 11.3 Å². The molecule has 0 unspecified atom stereocenters. The van der Waals surface area contributed by atoms with Gasteiger partial charge in [-0.15, -0.1) is 23.8 Å². The van der Waals surface area contributed by atoms with E-state index in [9.17, 15) is 0 Å². The summed E-state index contributed by atoms with van der Waals surface area (Å²) in [5, 5.41) is 2.44. The molecule has 2 nitrogen and oxygen atoms in total. The average molecular weight is 898 g/mol. The van der Waals surface area contributed by atoms with Gasteiger partial charge in [0.1, 0.15) is 0 Å². The molecule has 1 fully saturated rings. The van der Waals surface area contributed by atoms with E-state index in [1.807, 2.05) is 54.7 Å². The topological polar surface area (TPSA) is 25.8 Å². The maximum Gasteiger partial charge on any atom is 0 e. The zero-order valence-corrected chi connectivity index (χ0v) is 33.6. The van der Waals surface area contributed by atoms with Crippen LogP contribution in [-0.2, 0) is 26.5 Å². The number of nitrogens with zero attached hydrogens (tertiary/aromatic N) is 2. The molecular formula is C44H42GeIrN2S-2. The van der Waals surface area contributed by atoms with Gasteiger partial charge in [0, 0.05) is 33.7 Å². The van der Waals surface area contributed by atoms with Gasteiger partial charge < -0.3 is 4.98 Å². The van der Waals surface area contributed by atoms with Gasteiger partial charge in [-0.1, -0.05) is 85.5 Å². The van der Waals surface area contributed by atoms with Gasteiger partial charge in [0.15, 0.2) is 0 Å². The molecule has 1 saturated carbocycles. The molecule has 49 heavy (non-hydrogen) atoms. The van der Waals surface area contributed by atoms with Gasteiger partial charge in [-0.05, 0) is 57.4 Å². The maximum atomic E-state index is 8.91. The fourth-order valence-corrected chi connectivity index (χ4v) is 9.79. The van der Waals surface area contributed by atoms with Gasteiger partial charge in [0.2, 0.25) is 0 Å². The number of pyridine rings is 2. The molecular weight excluding hydrogens is 853 g/mol. The summed E-state index contributed by atoms with van der Waals surface area (Å²) in [6.07, 6.45) is 7.87. The maximum absolute atomic E-state index is 8.91. The second-order valence-corrected chi connectivity index (χ2v) is 25.3. The van der Waals surface area contributed by atoms with E-state index < -0.39 is 19.6 Å². The van der Waals surface area contributed by atoms with Gasteiger partial charge in [-0.3, -0.25) is 0 Å². The predicted octanol–water partition coefficient (Wildman–Crippen LogP) is 11.8. The Labute approximate surface area is 314 Å². The molecule has 3 aromatic heterocycles. The van der Waals surface area contributed by atoms with Crippen LogP contribution in [0.2, 0.25) is 17.3 Å². The van der Waals surface area contributed by atoms with Crippen molar-refractivity contribution < 1.29 is 22.8 Å². The third kappa shape index (κ3) is 8.49. The molecule has 0 aliphatic heterocycles. The second kappa shape index (κ2) is 16.1. The van der Waals surface area contributed by atoms with E-state index in [0.717, 1.165) is 58.5 Å². The smallest absolute Gasteiger partial charge is 0 e. The molecule has 249 valence electrons. The Hall–Kier alpha value is -3.41. The van der Waals surface area contributed by atoms with Crippen molar-refractivity contribution in [3.05, 3.63) is 139 Å². The molecule has 5 heteroatoms. The second-order valence-electron chi connectivity index (χ2n) is 13.6. The summed E-state index contributed by atoms with van der Waals surface area (Å²) in [6.45, 7) is 0. The van der Waals surface area contributed by atoms with Crippen LogP contribution in [0.1, 0.15) is 40.4 Å². The molecule has 0 bridgehead atoms. The minimum Gasteiger partial charge on any atom is 0 e. The van der Waals surface area contributed by atoms with E-state index >= 15 is 0 Å². The fourth-order valence-electron chi connectivity index (χ4n) is 6.43. The Bertz CT molecular complexity index is 2210. The van der Waals surface area contributed by atoms with Gasteiger partial charge >= 0.3 is 99.8 Å². The standard InChI is InChI=1S/C30H26NS.C14H16GeN.Ir/c1-3-8-21(9-4-1)18-22-16-17-31-28(19-22)26-13-7-12-25-27-20-24(23-10-5-2-6-11-23)14-15-29(27)32-30(25)26;1-15(2,3)13-9-10-14(16-11-13)12-7-5-4-6-8-12;/h2,5-7,10-12,14-17,19-21H,1,3-4,8-9,18H2;4-7,9-11H,1-3H3;/q2*-1;/i18D2;;. The third-order valence-electron chi connectivity index (χ3n) is 9.14. The van der Waals surface area contributed by atoms with Crippen molar-refractivity contribution in [2.75, 3.05) is 0 Å². The van der Waals surface area contributed by atoms with Crippen LogP contribution in [0.3, 0.4) is 0 Å². The van der Waals surface area contributed by atoms with Crippen LogP contribution in [-0.4, -0.2) is 23.2 Å². The Morgan fingerprint density at radius 3 is 2.31 bits per heavy atom. The fraction of sp³-hybridized carbons (Fsp3) is 0.227. The summed E-state index contributed by atoms with van der Waals surface area (Å²) in [7, 11) is 0.